The molecule has 3 saturated heterocycles. The van der Waals surface area contributed by atoms with Crippen LogP contribution in [0.15, 0.2) is 59.5 Å². The molecule has 2 unspecified atom stereocenters. The summed E-state index contributed by atoms with van der Waals surface area (Å²) >= 11 is 0.814. The van der Waals surface area contributed by atoms with Gasteiger partial charge in [0.25, 0.3) is 5.91 Å². The van der Waals surface area contributed by atoms with Crippen molar-refractivity contribution in [2.24, 2.45) is 11.8 Å². The number of thioether (sulfide) groups is 1. The van der Waals surface area contributed by atoms with Crippen LogP contribution in [0.25, 0.3) is 10.8 Å². The minimum Gasteiger partial charge on any atom is -0.432 e. The molecule has 0 aliphatic carbocycles. The predicted octanol–water partition coefficient (Wildman–Crippen LogP) is 6.10. The zero-order valence-corrected chi connectivity index (χ0v) is 40.0. The third-order valence-electron chi connectivity index (χ3n) is 12.0. The van der Waals surface area contributed by atoms with Crippen molar-refractivity contribution in [1.82, 2.24) is 25.0 Å². The molecule has 366 valence electrons. The van der Waals surface area contributed by atoms with Crippen LogP contribution in [0.4, 0.5) is 13.6 Å². The number of likely N-dealkylation sites (tertiary alicyclic amines) is 1. The molecule has 0 spiro atoms. The smallest absolute Gasteiger partial charge is 0.432 e. The summed E-state index contributed by atoms with van der Waals surface area (Å²) in [5.41, 5.74) is -5.00. The molecule has 2 aromatic carbocycles. The van der Waals surface area contributed by atoms with Gasteiger partial charge in [-0.1, -0.05) is 43.8 Å². The van der Waals surface area contributed by atoms with Gasteiger partial charge in [0.05, 0.1) is 24.7 Å². The first kappa shape index (κ1) is 51.7. The van der Waals surface area contributed by atoms with Crippen LogP contribution in [0.3, 0.4) is 0 Å². The number of pyridine rings is 1. The number of hydrogen-bond acceptors (Lipinski definition) is 14. The summed E-state index contributed by atoms with van der Waals surface area (Å²) in [7, 11) is -5.53. The fraction of sp³-hybridized carbons (Fsp3) is 0.522. The Balaban J connectivity index is 1.22. The van der Waals surface area contributed by atoms with Crippen molar-refractivity contribution >= 4 is 65.0 Å². The van der Waals surface area contributed by atoms with E-state index in [1.165, 1.54) is 72.0 Å². The number of hydrogen-bond donors (Lipinski definition) is 2. The van der Waals surface area contributed by atoms with E-state index in [0.29, 0.717) is 30.2 Å². The number of amides is 4. The topological polar surface area (TPSA) is 235 Å². The Hall–Kier alpha value is -5.68. The zero-order chi connectivity index (χ0) is 49.5. The molecule has 68 heavy (non-hydrogen) atoms. The maximum absolute atomic E-state index is 16.5. The molecular weight excluding hydrogens is 930 g/mol. The van der Waals surface area contributed by atoms with Crippen molar-refractivity contribution in [3.05, 3.63) is 81.8 Å². The largest absolute Gasteiger partial charge is 0.510 e. The Morgan fingerprint density at radius 1 is 0.956 bits per heavy atom. The lowest BCUT2D eigenvalue weighted by Crippen LogP contribution is -2.61. The minimum absolute atomic E-state index is 0.0485. The van der Waals surface area contributed by atoms with Gasteiger partial charge in [0.1, 0.15) is 12.1 Å². The molecule has 3 fully saturated rings. The lowest BCUT2D eigenvalue weighted by Gasteiger charge is -2.39. The highest BCUT2D eigenvalue weighted by Gasteiger charge is 2.56. The maximum atomic E-state index is 16.5. The molecule has 6 atom stereocenters. The van der Waals surface area contributed by atoms with Crippen LogP contribution in [0.5, 0.6) is 0 Å². The Morgan fingerprint density at radius 3 is 2.40 bits per heavy atom. The van der Waals surface area contributed by atoms with Gasteiger partial charge in [-0.2, -0.15) is 14.0 Å². The van der Waals surface area contributed by atoms with Crippen LogP contribution >= 0.6 is 19.4 Å². The summed E-state index contributed by atoms with van der Waals surface area (Å²) in [6.45, 7) is 6.49. The Morgan fingerprint density at radius 2 is 1.71 bits per heavy atom. The number of ether oxygens (including phenoxy) is 2. The van der Waals surface area contributed by atoms with Gasteiger partial charge in [-0.3, -0.25) is 37.9 Å². The molecule has 1 aromatic heterocycles. The number of nitriles is 1. The van der Waals surface area contributed by atoms with E-state index in [0.717, 1.165) is 23.9 Å². The van der Waals surface area contributed by atoms with Gasteiger partial charge in [-0.15, -0.1) is 0 Å². The second kappa shape index (κ2) is 22.2. The van der Waals surface area contributed by atoms with Crippen LogP contribution in [0, 0.1) is 23.2 Å². The number of rotatable bonds is 16. The number of fused-ring (bicyclic) bond motifs is 2. The number of halogens is 2. The van der Waals surface area contributed by atoms with Gasteiger partial charge >= 0.3 is 19.4 Å². The molecular formula is C46H55F2N6O12PS. The van der Waals surface area contributed by atoms with Crippen LogP contribution in [0.1, 0.15) is 87.7 Å². The van der Waals surface area contributed by atoms with Crippen LogP contribution in [0.2, 0.25) is 0 Å². The number of nitrogens with one attached hydrogen (secondary N) is 2. The van der Waals surface area contributed by atoms with Gasteiger partial charge in [-0.25, -0.2) is 4.79 Å². The van der Waals surface area contributed by atoms with Crippen LogP contribution in [-0.2, 0) is 47.9 Å². The van der Waals surface area contributed by atoms with E-state index in [1.54, 1.807) is 6.07 Å². The van der Waals surface area contributed by atoms with Crippen molar-refractivity contribution in [1.29, 1.82) is 5.26 Å². The fourth-order valence-corrected chi connectivity index (χ4v) is 11.0. The molecule has 3 aliphatic rings. The third-order valence-corrected chi connectivity index (χ3v) is 14.7. The predicted molar refractivity (Wildman–Crippen MR) is 244 cm³/mol. The first-order valence-electron chi connectivity index (χ1n) is 22.3. The van der Waals surface area contributed by atoms with Crippen molar-refractivity contribution in [2.75, 3.05) is 45.3 Å². The summed E-state index contributed by atoms with van der Waals surface area (Å²) in [5, 5.41) is 13.0. The maximum Gasteiger partial charge on any atom is 0.510 e. The molecule has 6 rings (SSSR count). The monoisotopic (exact) mass is 984 g/mol. The number of carbonyl (C=O) groups is 6. The number of aromatic nitrogens is 1. The Bertz CT molecular complexity index is 2550. The van der Waals surface area contributed by atoms with Gasteiger partial charge in [-0.05, 0) is 79.6 Å². The highest BCUT2D eigenvalue weighted by Crippen LogP contribution is 2.67. The van der Waals surface area contributed by atoms with Crippen molar-refractivity contribution < 1.29 is 60.6 Å². The quantitative estimate of drug-likeness (QED) is 0.0714. The third kappa shape index (κ3) is 12.1. The molecule has 4 heterocycles. The summed E-state index contributed by atoms with van der Waals surface area (Å²) in [4.78, 5) is 99.0. The molecule has 3 aromatic rings. The summed E-state index contributed by atoms with van der Waals surface area (Å²) in [6.07, 6.45) is 0.939. The van der Waals surface area contributed by atoms with Crippen molar-refractivity contribution in [3.63, 3.8) is 0 Å². The second-order valence-electron chi connectivity index (χ2n) is 17.6. The SMILES string of the molecule is CC(=O)N1CC[C@H]2CC[C@@H](C(=O)N3C[C@@H](C#N)[C@H](c4cc[nH]c(=O)c4)C3)N2C(=O)C(NC(=O)c2ccc3ccc(C(F)(F)P(=O)(OCCSC(=O)CC(C)C)OCOC(=O)OC(C)C)cc3c2)C1. The molecule has 2 N–H and O–H groups in total. The van der Waals surface area contributed by atoms with Gasteiger partial charge in [0.15, 0.2) is 5.12 Å². The highest BCUT2D eigenvalue weighted by atomic mass is 32.2. The number of alkyl halides is 2. The number of nitrogens with zero attached hydrogens (tertiary/aromatic N) is 4. The summed E-state index contributed by atoms with van der Waals surface area (Å²) in [6, 6.07) is 10.1. The number of aromatic amines is 1. The Labute approximate surface area is 395 Å². The molecule has 18 nitrogen and oxygen atoms in total. The molecule has 3 aliphatic heterocycles. The van der Waals surface area contributed by atoms with Gasteiger partial charge in [0, 0.05) is 80.6 Å². The lowest BCUT2D eigenvalue weighted by atomic mass is 9.91. The van der Waals surface area contributed by atoms with Crippen molar-refractivity contribution in [2.45, 2.75) is 96.1 Å². The first-order chi connectivity index (χ1) is 32.2. The van der Waals surface area contributed by atoms with E-state index in [-0.39, 0.29) is 77.7 Å². The number of H-pyrrole nitrogens is 1. The van der Waals surface area contributed by atoms with E-state index in [1.807, 2.05) is 13.8 Å². The Kier molecular flexibility index (Phi) is 16.9. The zero-order valence-electron chi connectivity index (χ0n) is 38.3. The number of carbonyl (C=O) groups excluding carboxylic acids is 6. The number of benzene rings is 2. The summed E-state index contributed by atoms with van der Waals surface area (Å²) < 4.78 is 66.7. The van der Waals surface area contributed by atoms with Crippen molar-refractivity contribution in [3.8, 4) is 6.07 Å². The van der Waals surface area contributed by atoms with Crippen LogP contribution in [-0.4, -0.2) is 124 Å². The molecule has 4 amide bonds. The van der Waals surface area contributed by atoms with E-state index < -0.39 is 86.3 Å². The average molecular weight is 985 g/mol. The molecule has 0 saturated carbocycles. The standard InChI is InChI=1S/C46H55F2N6O12PS/c1-27(2)18-41(57)68-17-16-64-67(62,65-26-63-45(61)66-28(3)4)46(47,48)35-9-8-30-6-7-32(19-33(30)20-35)42(58)51-38-25-52(29(5)55)15-13-36-10-11-39(54(36)43(38)59)44(60)53-23-34(22-49)37(24-53)31-12-14-50-40(56)21-31/h6-9,12,14,19-21,27-28,34,36-39H,10-11,13,15-18,23-26H2,1-5H3,(H,50,56)(H,51,58)/t34-,36-,37+,38?,39+,67?/m1/s1. The molecule has 0 bridgehead atoms. The lowest BCUT2D eigenvalue weighted by molar-refractivity contribution is -0.148. The normalized spacial score (nSPS) is 21.7. The first-order valence-corrected chi connectivity index (χ1v) is 24.8. The van der Waals surface area contributed by atoms with E-state index >= 15 is 8.78 Å². The minimum atomic E-state index is -5.53. The van der Waals surface area contributed by atoms with Gasteiger partial charge in [0.2, 0.25) is 30.1 Å². The fourth-order valence-electron chi connectivity index (χ4n) is 8.61. The van der Waals surface area contributed by atoms with E-state index in [4.69, 9.17) is 18.5 Å². The highest BCUT2D eigenvalue weighted by molar-refractivity contribution is 8.13. The summed E-state index contributed by atoms with van der Waals surface area (Å²) in [5.74, 6) is -3.23. The van der Waals surface area contributed by atoms with Gasteiger partial charge < -0.3 is 39.0 Å². The average Bonchev–Trinajstić information content (AvgIpc) is 3.91. The molecule has 22 heteroatoms. The van der Waals surface area contributed by atoms with Crippen LogP contribution < -0.4 is 10.9 Å². The second-order valence-corrected chi connectivity index (χ2v) is 20.8. The van der Waals surface area contributed by atoms with E-state index in [2.05, 4.69) is 16.4 Å². The molecule has 0 radical (unpaired) electrons. The van der Waals surface area contributed by atoms with E-state index in [9.17, 15) is 43.4 Å².